The zero-order valence-corrected chi connectivity index (χ0v) is 40.3. The van der Waals surface area contributed by atoms with Crippen LogP contribution in [0.4, 0.5) is 0 Å². The summed E-state index contributed by atoms with van der Waals surface area (Å²) in [6.07, 6.45) is -0.942. The Bertz CT molecular complexity index is 2860. The van der Waals surface area contributed by atoms with E-state index in [0.717, 1.165) is 59.5 Å². The summed E-state index contributed by atoms with van der Waals surface area (Å²) < 4.78 is 7.02. The highest BCUT2D eigenvalue weighted by atomic mass is 32.1. The first kappa shape index (κ1) is 47.1. The van der Waals surface area contributed by atoms with Gasteiger partial charge in [-0.25, -0.2) is 4.98 Å². The standard InChI is InChI=1S/C50H54N8O7S2/c1-26-28(3)67-49-41(26)42(52-37(22-40(61)65-8)45-56-55-29(4)58(45)49)33-15-9-30(10-16-33)31-11-19-35(20-12-31)46(62)54-44(50(5,6)7)48(64)57-23-36(60)21-39(57)47(63)53-38(24-59)32-13-17-34(18-14-32)43-27(2)51-25-66-43/h9-20,25,36-39,44,59-60H,21-24H2,1-8H3,(H,53,63)(H,54,62)/t36-,37+,38+,39+,44?/m1/s1. The monoisotopic (exact) mass is 942 g/mol. The van der Waals surface area contributed by atoms with Gasteiger partial charge in [0.1, 0.15) is 29.0 Å². The smallest absolute Gasteiger partial charge is 0.308 e. The number of esters is 1. The Morgan fingerprint density at radius 1 is 0.881 bits per heavy atom. The fourth-order valence-corrected chi connectivity index (χ4v) is 10.7. The number of ether oxygens (including phenoxy) is 1. The van der Waals surface area contributed by atoms with Gasteiger partial charge >= 0.3 is 5.97 Å². The predicted octanol–water partition coefficient (Wildman–Crippen LogP) is 6.76. The molecule has 348 valence electrons. The number of aromatic nitrogens is 4. The number of carbonyl (C=O) groups is 4. The number of fused-ring (bicyclic) bond motifs is 3. The number of aryl methyl sites for hydroxylation is 3. The Balaban J connectivity index is 0.970. The molecule has 0 radical (unpaired) electrons. The van der Waals surface area contributed by atoms with Crippen LogP contribution in [-0.2, 0) is 19.1 Å². The van der Waals surface area contributed by atoms with E-state index in [1.807, 2.05) is 99.8 Å². The van der Waals surface area contributed by atoms with E-state index in [1.54, 1.807) is 29.0 Å². The minimum absolute atomic E-state index is 0.00418. The van der Waals surface area contributed by atoms with E-state index in [1.165, 1.54) is 23.3 Å². The molecule has 4 N–H and O–H groups in total. The fourth-order valence-electron chi connectivity index (χ4n) is 8.68. The van der Waals surface area contributed by atoms with Crippen molar-refractivity contribution in [1.29, 1.82) is 0 Å². The van der Waals surface area contributed by atoms with Crippen molar-refractivity contribution in [3.05, 3.63) is 128 Å². The molecule has 5 heterocycles. The summed E-state index contributed by atoms with van der Waals surface area (Å²) in [4.78, 5) is 67.7. The number of thiazole rings is 1. The lowest BCUT2D eigenvalue weighted by Crippen LogP contribution is -2.58. The van der Waals surface area contributed by atoms with Gasteiger partial charge in [-0.05, 0) is 73.1 Å². The molecule has 8 rings (SSSR count). The number of nitrogens with one attached hydrogen (secondary N) is 2. The summed E-state index contributed by atoms with van der Waals surface area (Å²) in [5.41, 5.74) is 9.32. The molecule has 0 bridgehead atoms. The second-order valence-corrected chi connectivity index (χ2v) is 20.2. The maximum atomic E-state index is 14.4. The SMILES string of the molecule is COC(=O)C[C@@H]1N=C(c2ccc(-c3ccc(C(=O)NC(C(=O)N4C[C@H](O)C[C@H]4C(=O)N[C@@H](CO)c4ccc(-c5scnc5C)cc4)C(C)(C)C)cc3)cc2)c2c(sc(C)c2C)-n2c(C)nnc21. The summed E-state index contributed by atoms with van der Waals surface area (Å²) in [6, 6.07) is 19.1. The molecule has 15 nitrogen and oxygen atoms in total. The van der Waals surface area contributed by atoms with E-state index in [2.05, 4.69) is 39.7 Å². The van der Waals surface area contributed by atoms with Crippen LogP contribution in [0.5, 0.6) is 0 Å². The van der Waals surface area contributed by atoms with Gasteiger partial charge in [-0.2, -0.15) is 0 Å². The third kappa shape index (κ3) is 9.46. The van der Waals surface area contributed by atoms with Crippen LogP contribution in [0.1, 0.15) is 101 Å². The molecule has 1 saturated heterocycles. The molecule has 0 aliphatic carbocycles. The molecule has 2 aliphatic rings. The Morgan fingerprint density at radius 3 is 2.13 bits per heavy atom. The lowest BCUT2D eigenvalue weighted by atomic mass is 9.85. The van der Waals surface area contributed by atoms with E-state index in [4.69, 9.17) is 9.73 Å². The van der Waals surface area contributed by atoms with Crippen molar-refractivity contribution in [3.63, 3.8) is 0 Å². The number of β-amino-alcohol motifs (C(OH)–C–C–N with tert-alkyl or cyclic N) is 1. The summed E-state index contributed by atoms with van der Waals surface area (Å²) in [7, 11) is 1.36. The predicted molar refractivity (Wildman–Crippen MR) is 257 cm³/mol. The van der Waals surface area contributed by atoms with Gasteiger partial charge in [0, 0.05) is 34.5 Å². The molecule has 67 heavy (non-hydrogen) atoms. The Kier molecular flexibility index (Phi) is 13.4. The van der Waals surface area contributed by atoms with Crippen molar-refractivity contribution >= 4 is 52.1 Å². The average Bonchev–Trinajstić information content (AvgIpc) is 4.08. The number of aliphatic hydroxyl groups excluding tert-OH is 2. The van der Waals surface area contributed by atoms with E-state index in [-0.39, 0.29) is 26.0 Å². The quantitative estimate of drug-likeness (QED) is 0.0950. The van der Waals surface area contributed by atoms with Crippen LogP contribution in [0.15, 0.2) is 83.3 Å². The van der Waals surface area contributed by atoms with Crippen LogP contribution in [0.3, 0.4) is 0 Å². The first-order valence-electron chi connectivity index (χ1n) is 22.1. The fraction of sp³-hybridized carbons (Fsp3) is 0.360. The zero-order valence-electron chi connectivity index (χ0n) is 38.7. The van der Waals surface area contributed by atoms with Crippen LogP contribution >= 0.6 is 22.7 Å². The number of hydrogen-bond donors (Lipinski definition) is 4. The van der Waals surface area contributed by atoms with E-state index in [9.17, 15) is 29.4 Å². The van der Waals surface area contributed by atoms with E-state index in [0.29, 0.717) is 22.8 Å². The molecule has 17 heteroatoms. The number of amides is 3. The average molecular weight is 943 g/mol. The Morgan fingerprint density at radius 2 is 1.52 bits per heavy atom. The van der Waals surface area contributed by atoms with Gasteiger partial charge in [-0.1, -0.05) is 81.4 Å². The second-order valence-electron chi connectivity index (χ2n) is 18.1. The number of likely N-dealkylation sites (tertiary alicyclic amines) is 1. The van der Waals surface area contributed by atoms with Crippen LogP contribution in [-0.4, -0.2) is 103 Å². The topological polar surface area (TPSA) is 201 Å². The molecule has 0 saturated carbocycles. The van der Waals surface area contributed by atoms with Gasteiger partial charge in [0.2, 0.25) is 11.8 Å². The Hall–Kier alpha value is -6.40. The number of carbonyl (C=O) groups excluding carboxylic acids is 4. The number of aliphatic imine (C=N–C) groups is 1. The Labute approximate surface area is 397 Å². The lowest BCUT2D eigenvalue weighted by Gasteiger charge is -2.35. The lowest BCUT2D eigenvalue weighted by molar-refractivity contribution is -0.142. The van der Waals surface area contributed by atoms with Crippen molar-refractivity contribution in [2.24, 2.45) is 10.4 Å². The number of thiophene rings is 1. The molecule has 3 amide bonds. The van der Waals surface area contributed by atoms with E-state index >= 15 is 0 Å². The molecule has 6 aromatic rings. The highest BCUT2D eigenvalue weighted by Crippen LogP contribution is 2.40. The largest absolute Gasteiger partial charge is 0.469 e. The number of nitrogens with zero attached hydrogens (tertiary/aromatic N) is 6. The van der Waals surface area contributed by atoms with Crippen molar-refractivity contribution in [3.8, 4) is 26.6 Å². The van der Waals surface area contributed by atoms with Gasteiger partial charge in [-0.15, -0.1) is 32.9 Å². The highest BCUT2D eigenvalue weighted by molar-refractivity contribution is 7.15. The van der Waals surface area contributed by atoms with Gasteiger partial charge in [-0.3, -0.25) is 28.7 Å². The first-order chi connectivity index (χ1) is 32.0. The van der Waals surface area contributed by atoms with Crippen LogP contribution in [0, 0.1) is 33.1 Å². The molecule has 1 fully saturated rings. The molecule has 5 atom stereocenters. The number of benzene rings is 3. The number of methoxy groups -OCH3 is 1. The number of rotatable bonds is 12. The van der Waals surface area contributed by atoms with Gasteiger partial charge in [0.25, 0.3) is 5.91 Å². The molecule has 0 spiro atoms. The molecule has 2 aliphatic heterocycles. The van der Waals surface area contributed by atoms with Crippen molar-refractivity contribution in [1.82, 2.24) is 35.3 Å². The maximum Gasteiger partial charge on any atom is 0.308 e. The summed E-state index contributed by atoms with van der Waals surface area (Å²) in [6.45, 7) is 13.0. The molecular formula is C50H54N8O7S2. The third-order valence-electron chi connectivity index (χ3n) is 12.5. The molecule has 1 unspecified atom stereocenters. The number of hydrogen-bond acceptors (Lipinski definition) is 13. The summed E-state index contributed by atoms with van der Waals surface area (Å²) in [5, 5.41) is 36.6. The van der Waals surface area contributed by atoms with Crippen LogP contribution < -0.4 is 10.6 Å². The highest BCUT2D eigenvalue weighted by Gasteiger charge is 2.45. The van der Waals surface area contributed by atoms with Crippen molar-refractivity contribution < 1.29 is 34.1 Å². The first-order valence-corrected chi connectivity index (χ1v) is 23.8. The van der Waals surface area contributed by atoms with Crippen molar-refractivity contribution in [2.45, 2.75) is 91.6 Å². The zero-order chi connectivity index (χ0) is 47.9. The van der Waals surface area contributed by atoms with Gasteiger partial charge in [0.05, 0.1) is 54.1 Å². The van der Waals surface area contributed by atoms with Crippen molar-refractivity contribution in [2.75, 3.05) is 20.3 Å². The third-order valence-corrected chi connectivity index (χ3v) is 14.7. The summed E-state index contributed by atoms with van der Waals surface area (Å²) >= 11 is 3.16. The molecular weight excluding hydrogens is 889 g/mol. The van der Waals surface area contributed by atoms with Crippen LogP contribution in [0.25, 0.3) is 26.6 Å². The minimum Gasteiger partial charge on any atom is -0.469 e. The van der Waals surface area contributed by atoms with Gasteiger partial charge < -0.3 is 30.5 Å². The molecule has 3 aromatic heterocycles. The summed E-state index contributed by atoms with van der Waals surface area (Å²) in [5.74, 6) is -0.600. The molecule has 3 aromatic carbocycles. The van der Waals surface area contributed by atoms with Crippen LogP contribution in [0.2, 0.25) is 0 Å². The minimum atomic E-state index is -1.04. The van der Waals surface area contributed by atoms with E-state index < -0.39 is 59.4 Å². The maximum absolute atomic E-state index is 14.4. The van der Waals surface area contributed by atoms with Gasteiger partial charge in [0.15, 0.2) is 5.82 Å². The number of aliphatic hydroxyl groups is 2. The second kappa shape index (κ2) is 19.1. The normalized spacial score (nSPS) is 17.7.